The molecule has 0 spiro atoms. The SMILES string of the molecule is CCCCCCCCCCCCCCCC[N+](C)(C)C(CO)c1ccccc1. The maximum Gasteiger partial charge on any atom is 0.138 e. The number of likely N-dealkylation sites (N-methyl/N-ethyl adjacent to an activating group) is 1. The lowest BCUT2D eigenvalue weighted by Crippen LogP contribution is -2.45. The lowest BCUT2D eigenvalue weighted by Gasteiger charge is -2.37. The van der Waals surface area contributed by atoms with Crippen molar-refractivity contribution in [1.29, 1.82) is 0 Å². The van der Waals surface area contributed by atoms with E-state index in [1.54, 1.807) is 0 Å². The third-order valence-corrected chi connectivity index (χ3v) is 6.29. The molecule has 2 heteroatoms. The van der Waals surface area contributed by atoms with Gasteiger partial charge in [-0.05, 0) is 12.8 Å². The fourth-order valence-electron chi connectivity index (χ4n) is 4.27. The van der Waals surface area contributed by atoms with Crippen LogP contribution >= 0.6 is 0 Å². The number of aliphatic hydroxyl groups is 1. The molecule has 1 aromatic carbocycles. The summed E-state index contributed by atoms with van der Waals surface area (Å²) in [6, 6.07) is 10.7. The monoisotopic (exact) mass is 390 g/mol. The minimum absolute atomic E-state index is 0.183. The lowest BCUT2D eigenvalue weighted by atomic mass is 10.0. The molecule has 2 nitrogen and oxygen atoms in total. The van der Waals surface area contributed by atoms with Gasteiger partial charge in [0.25, 0.3) is 0 Å². The van der Waals surface area contributed by atoms with E-state index in [4.69, 9.17) is 0 Å². The molecule has 1 atom stereocenters. The fourth-order valence-corrected chi connectivity index (χ4v) is 4.27. The number of aliphatic hydroxyl groups excluding tert-OH is 1. The molecule has 0 aliphatic rings. The summed E-state index contributed by atoms with van der Waals surface area (Å²) in [4.78, 5) is 0. The molecule has 0 heterocycles. The molecule has 162 valence electrons. The predicted octanol–water partition coefficient (Wildman–Crippen LogP) is 7.28. The van der Waals surface area contributed by atoms with E-state index in [9.17, 15) is 5.11 Å². The van der Waals surface area contributed by atoms with E-state index in [-0.39, 0.29) is 12.6 Å². The Morgan fingerprint density at radius 2 is 1.11 bits per heavy atom. The standard InChI is InChI=1S/C26H48NO/c1-4-5-6-7-8-9-10-11-12-13-14-15-16-20-23-27(2,3)26(24-28)25-21-18-17-19-22-25/h17-19,21-22,26,28H,4-16,20,23-24H2,1-3H3/q+1. The highest BCUT2D eigenvalue weighted by molar-refractivity contribution is 5.17. The van der Waals surface area contributed by atoms with Gasteiger partial charge in [0, 0.05) is 5.56 Å². The molecule has 0 aromatic heterocycles. The van der Waals surface area contributed by atoms with E-state index in [0.717, 1.165) is 11.0 Å². The highest BCUT2D eigenvalue weighted by atomic mass is 16.3. The number of quaternary nitrogens is 1. The van der Waals surface area contributed by atoms with Crippen molar-refractivity contribution in [2.24, 2.45) is 0 Å². The van der Waals surface area contributed by atoms with E-state index in [1.807, 2.05) is 6.07 Å². The van der Waals surface area contributed by atoms with Gasteiger partial charge in [0.2, 0.25) is 0 Å². The summed E-state index contributed by atoms with van der Waals surface area (Å²) in [6.45, 7) is 3.64. The molecule has 0 radical (unpaired) electrons. The summed E-state index contributed by atoms with van der Waals surface area (Å²) in [5.41, 5.74) is 1.25. The summed E-state index contributed by atoms with van der Waals surface area (Å²) in [6.07, 6.45) is 19.6. The summed E-state index contributed by atoms with van der Waals surface area (Å²) < 4.78 is 0.874. The molecule has 1 N–H and O–H groups in total. The third-order valence-electron chi connectivity index (χ3n) is 6.29. The molecule has 28 heavy (non-hydrogen) atoms. The van der Waals surface area contributed by atoms with E-state index in [0.29, 0.717) is 0 Å². The smallest absolute Gasteiger partial charge is 0.138 e. The highest BCUT2D eigenvalue weighted by Crippen LogP contribution is 2.25. The van der Waals surface area contributed by atoms with E-state index in [1.165, 1.54) is 95.5 Å². The van der Waals surface area contributed by atoms with Crippen molar-refractivity contribution in [2.75, 3.05) is 27.2 Å². The van der Waals surface area contributed by atoms with Gasteiger partial charge in [-0.25, -0.2) is 0 Å². The topological polar surface area (TPSA) is 20.2 Å². The highest BCUT2D eigenvalue weighted by Gasteiger charge is 2.28. The number of hydrogen-bond acceptors (Lipinski definition) is 1. The maximum atomic E-state index is 9.91. The first kappa shape index (κ1) is 25.2. The molecule has 0 aliphatic carbocycles. The number of unbranched alkanes of at least 4 members (excludes halogenated alkanes) is 13. The molecule has 0 aliphatic heterocycles. The zero-order valence-electron chi connectivity index (χ0n) is 19.2. The van der Waals surface area contributed by atoms with Crippen molar-refractivity contribution < 1.29 is 9.59 Å². The van der Waals surface area contributed by atoms with Crippen molar-refractivity contribution in [2.45, 2.75) is 103 Å². The van der Waals surface area contributed by atoms with Crippen molar-refractivity contribution >= 4 is 0 Å². The van der Waals surface area contributed by atoms with Crippen molar-refractivity contribution in [1.82, 2.24) is 0 Å². The summed E-state index contributed by atoms with van der Waals surface area (Å²) in [5.74, 6) is 0. The van der Waals surface area contributed by atoms with Gasteiger partial charge < -0.3 is 9.59 Å². The largest absolute Gasteiger partial charge is 0.390 e. The first-order valence-electron chi connectivity index (χ1n) is 12.1. The van der Waals surface area contributed by atoms with Crippen LogP contribution in [-0.2, 0) is 0 Å². The molecule has 0 fully saturated rings. The Labute approximate surface area is 175 Å². The van der Waals surface area contributed by atoms with Crippen LogP contribution in [0.25, 0.3) is 0 Å². The molecule has 0 saturated heterocycles. The van der Waals surface area contributed by atoms with E-state index < -0.39 is 0 Å². The van der Waals surface area contributed by atoms with Crippen LogP contribution in [-0.4, -0.2) is 36.8 Å². The number of benzene rings is 1. The molecular formula is C26H48NO+. The van der Waals surface area contributed by atoms with Gasteiger partial charge in [0.05, 0.1) is 27.2 Å². The maximum absolute atomic E-state index is 9.91. The number of hydrogen-bond donors (Lipinski definition) is 1. The summed E-state index contributed by atoms with van der Waals surface area (Å²) in [7, 11) is 4.52. The van der Waals surface area contributed by atoms with Crippen LogP contribution in [0.2, 0.25) is 0 Å². The van der Waals surface area contributed by atoms with Gasteiger partial charge in [-0.2, -0.15) is 0 Å². The van der Waals surface area contributed by atoms with Gasteiger partial charge in [0.1, 0.15) is 6.04 Å². The second-order valence-corrected chi connectivity index (χ2v) is 9.21. The van der Waals surface area contributed by atoms with Crippen molar-refractivity contribution in [3.05, 3.63) is 35.9 Å². The first-order valence-corrected chi connectivity index (χ1v) is 12.1. The molecule has 1 rings (SSSR count). The Kier molecular flexibility index (Phi) is 14.4. The lowest BCUT2D eigenvalue weighted by molar-refractivity contribution is -0.921. The number of rotatable bonds is 18. The van der Waals surface area contributed by atoms with Crippen molar-refractivity contribution in [3.8, 4) is 0 Å². The Morgan fingerprint density at radius 1 is 0.679 bits per heavy atom. The molecule has 0 saturated carbocycles. The molecule has 0 amide bonds. The Bertz CT molecular complexity index is 457. The molecule has 1 unspecified atom stereocenters. The van der Waals surface area contributed by atoms with Crippen LogP contribution in [0.1, 0.15) is 108 Å². The van der Waals surface area contributed by atoms with Crippen molar-refractivity contribution in [3.63, 3.8) is 0 Å². The van der Waals surface area contributed by atoms with Gasteiger partial charge in [-0.1, -0.05) is 114 Å². The van der Waals surface area contributed by atoms with Crippen LogP contribution in [0.5, 0.6) is 0 Å². The quantitative estimate of drug-likeness (QED) is 0.206. The summed E-state index contributed by atoms with van der Waals surface area (Å²) >= 11 is 0. The minimum Gasteiger partial charge on any atom is -0.390 e. The zero-order valence-corrected chi connectivity index (χ0v) is 19.2. The average Bonchev–Trinajstić information content (AvgIpc) is 2.69. The molecule has 0 bridgehead atoms. The average molecular weight is 391 g/mol. The van der Waals surface area contributed by atoms with E-state index in [2.05, 4.69) is 45.3 Å². The zero-order chi connectivity index (χ0) is 20.5. The van der Waals surface area contributed by atoms with Crippen LogP contribution in [0.3, 0.4) is 0 Å². The van der Waals surface area contributed by atoms with Gasteiger partial charge in [-0.3, -0.25) is 0 Å². The third kappa shape index (κ3) is 11.2. The van der Waals surface area contributed by atoms with Crippen LogP contribution in [0, 0.1) is 0 Å². The fraction of sp³-hybridized carbons (Fsp3) is 0.769. The van der Waals surface area contributed by atoms with E-state index >= 15 is 0 Å². The summed E-state index contributed by atoms with van der Waals surface area (Å²) in [5, 5.41) is 9.91. The van der Waals surface area contributed by atoms with Crippen LogP contribution in [0.4, 0.5) is 0 Å². The van der Waals surface area contributed by atoms with Crippen LogP contribution < -0.4 is 0 Å². The molecule has 1 aromatic rings. The first-order chi connectivity index (χ1) is 13.6. The van der Waals surface area contributed by atoms with Gasteiger partial charge in [-0.15, -0.1) is 0 Å². The normalized spacial score (nSPS) is 13.0. The Morgan fingerprint density at radius 3 is 1.54 bits per heavy atom. The Balaban J connectivity index is 2.01. The molecular weight excluding hydrogens is 342 g/mol. The second-order valence-electron chi connectivity index (χ2n) is 9.21. The van der Waals surface area contributed by atoms with Crippen LogP contribution in [0.15, 0.2) is 30.3 Å². The van der Waals surface area contributed by atoms with Gasteiger partial charge >= 0.3 is 0 Å². The Hall–Kier alpha value is -0.860. The minimum atomic E-state index is 0.183. The van der Waals surface area contributed by atoms with Gasteiger partial charge in [0.15, 0.2) is 0 Å². The number of nitrogens with zero attached hydrogens (tertiary/aromatic N) is 1. The second kappa shape index (κ2) is 16.0. The predicted molar refractivity (Wildman–Crippen MR) is 124 cm³/mol.